The standard InChI is InChI=1S/C47H61N7O6/c1-30-17-22-37(48-28-30)34-20-18-33(19-21-34)26-38(51-42(56)40(46(3,4)5)52-44(58)59)39(55)27-36(25-32-14-10-9-11-15-32)50-43(57)41(47(6,7)8)54-24-23-53(45(54)60)29-35-16-12-13-31(2)49-35/h9-22,28,36,38-41,52,55H,23-27,29H2,1-8H3,(H,50,57)(H,51,56)(H,58,59)/t36-,38-,39-,40+,41+/m0/s1. The molecule has 1 fully saturated rings. The van der Waals surface area contributed by atoms with Crippen molar-refractivity contribution in [2.24, 2.45) is 10.8 Å². The van der Waals surface area contributed by atoms with E-state index in [0.717, 1.165) is 39.3 Å². The Bertz CT molecular complexity index is 2080. The molecule has 60 heavy (non-hydrogen) atoms. The molecular weight excluding hydrogens is 759 g/mol. The second-order valence-corrected chi connectivity index (χ2v) is 18.1. The van der Waals surface area contributed by atoms with Gasteiger partial charge in [0.05, 0.1) is 30.1 Å². The minimum Gasteiger partial charge on any atom is -0.465 e. The number of carbonyl (C=O) groups is 4. The fourth-order valence-electron chi connectivity index (χ4n) is 7.75. The Morgan fingerprint density at radius 2 is 1.45 bits per heavy atom. The molecule has 13 nitrogen and oxygen atoms in total. The molecule has 1 aliphatic rings. The van der Waals surface area contributed by atoms with Gasteiger partial charge in [0.1, 0.15) is 12.1 Å². The molecule has 0 spiro atoms. The minimum absolute atomic E-state index is 0.0411. The maximum Gasteiger partial charge on any atom is 0.405 e. The Kier molecular flexibility index (Phi) is 14.7. The van der Waals surface area contributed by atoms with Gasteiger partial charge in [-0.2, -0.15) is 0 Å². The number of hydrogen-bond donors (Lipinski definition) is 5. The monoisotopic (exact) mass is 819 g/mol. The molecule has 0 saturated carbocycles. The van der Waals surface area contributed by atoms with E-state index in [1.807, 2.05) is 120 Å². The van der Waals surface area contributed by atoms with Crippen LogP contribution in [-0.4, -0.2) is 97.3 Å². The van der Waals surface area contributed by atoms with E-state index in [1.165, 1.54) is 0 Å². The summed E-state index contributed by atoms with van der Waals surface area (Å²) in [4.78, 5) is 66.6. The predicted octanol–water partition coefficient (Wildman–Crippen LogP) is 6.30. The molecule has 320 valence electrons. The van der Waals surface area contributed by atoms with E-state index >= 15 is 0 Å². The highest BCUT2D eigenvalue weighted by molar-refractivity contribution is 5.89. The van der Waals surface area contributed by atoms with E-state index in [2.05, 4.69) is 25.9 Å². The lowest BCUT2D eigenvalue weighted by Gasteiger charge is -2.38. The van der Waals surface area contributed by atoms with Crippen LogP contribution in [0.25, 0.3) is 11.3 Å². The first kappa shape index (κ1) is 45.3. The van der Waals surface area contributed by atoms with Crippen LogP contribution in [0.15, 0.2) is 91.1 Å². The molecule has 2 aromatic heterocycles. The Labute approximate surface area is 354 Å². The number of aryl methyl sites for hydroxylation is 2. The summed E-state index contributed by atoms with van der Waals surface area (Å²) in [6.07, 6.45) is -0.108. The molecule has 2 aromatic carbocycles. The zero-order valence-corrected chi connectivity index (χ0v) is 36.1. The number of aliphatic hydroxyl groups is 1. The van der Waals surface area contributed by atoms with Crippen LogP contribution in [-0.2, 0) is 29.0 Å². The van der Waals surface area contributed by atoms with Crippen LogP contribution in [0.5, 0.6) is 0 Å². The molecule has 0 radical (unpaired) electrons. The molecule has 4 aromatic rings. The molecule has 5 atom stereocenters. The van der Waals surface area contributed by atoms with Crippen LogP contribution in [0.3, 0.4) is 0 Å². The number of rotatable bonds is 16. The SMILES string of the molecule is Cc1ccc(-c2ccc(C[C@H](NC(=O)[C@@H](NC(=O)O)C(C)(C)C)[C@@H](O)C[C@H](Cc3ccccc3)NC(=O)[C@@H](N3CCN(Cc4cccc(C)n4)C3=O)C(C)(C)C)cc2)nc1. The van der Waals surface area contributed by atoms with E-state index in [0.29, 0.717) is 26.1 Å². The zero-order chi connectivity index (χ0) is 43.8. The van der Waals surface area contributed by atoms with Crippen LogP contribution in [0.1, 0.15) is 76.0 Å². The average molecular weight is 820 g/mol. The largest absolute Gasteiger partial charge is 0.465 e. The number of hydrogen-bond acceptors (Lipinski definition) is 7. The Morgan fingerprint density at radius 1 is 0.767 bits per heavy atom. The lowest BCUT2D eigenvalue weighted by Crippen LogP contribution is -2.59. The Hall–Kier alpha value is -5.82. The molecule has 0 bridgehead atoms. The number of pyridine rings is 2. The summed E-state index contributed by atoms with van der Waals surface area (Å²) in [7, 11) is 0. The van der Waals surface area contributed by atoms with Crippen LogP contribution >= 0.6 is 0 Å². The summed E-state index contributed by atoms with van der Waals surface area (Å²) >= 11 is 0. The van der Waals surface area contributed by atoms with Crippen molar-refractivity contribution in [2.45, 2.75) is 111 Å². The molecular formula is C47H61N7O6. The van der Waals surface area contributed by atoms with Crippen molar-refractivity contribution in [1.29, 1.82) is 0 Å². The van der Waals surface area contributed by atoms with Gasteiger partial charge in [-0.15, -0.1) is 0 Å². The highest BCUT2D eigenvalue weighted by atomic mass is 16.4. The van der Waals surface area contributed by atoms with Gasteiger partial charge in [-0.05, 0) is 78.8 Å². The topological polar surface area (TPSA) is 177 Å². The van der Waals surface area contributed by atoms with Crippen molar-refractivity contribution >= 4 is 23.9 Å². The first-order valence-corrected chi connectivity index (χ1v) is 20.6. The first-order valence-electron chi connectivity index (χ1n) is 20.6. The number of nitrogens with zero attached hydrogens (tertiary/aromatic N) is 4. The Balaban J connectivity index is 1.41. The fourth-order valence-corrected chi connectivity index (χ4v) is 7.75. The number of nitrogens with one attached hydrogen (secondary N) is 3. The van der Waals surface area contributed by atoms with Crippen molar-refractivity contribution < 1.29 is 29.4 Å². The summed E-state index contributed by atoms with van der Waals surface area (Å²) in [5.74, 6) is -0.928. The van der Waals surface area contributed by atoms with Crippen molar-refractivity contribution in [3.8, 4) is 11.3 Å². The number of amides is 5. The maximum absolute atomic E-state index is 14.6. The van der Waals surface area contributed by atoms with E-state index in [9.17, 15) is 29.4 Å². The maximum atomic E-state index is 14.6. The average Bonchev–Trinajstić information content (AvgIpc) is 3.51. The number of carbonyl (C=O) groups excluding carboxylic acids is 3. The second kappa shape index (κ2) is 19.5. The highest BCUT2D eigenvalue weighted by Crippen LogP contribution is 2.29. The zero-order valence-electron chi connectivity index (χ0n) is 36.1. The number of aliphatic hydroxyl groups excluding tert-OH is 1. The van der Waals surface area contributed by atoms with Crippen LogP contribution < -0.4 is 16.0 Å². The molecule has 13 heteroatoms. The van der Waals surface area contributed by atoms with Crippen molar-refractivity contribution in [3.63, 3.8) is 0 Å². The van der Waals surface area contributed by atoms with Gasteiger partial charge in [0.25, 0.3) is 0 Å². The van der Waals surface area contributed by atoms with E-state index in [1.54, 1.807) is 36.8 Å². The minimum atomic E-state index is -1.34. The third-order valence-corrected chi connectivity index (χ3v) is 10.8. The predicted molar refractivity (Wildman–Crippen MR) is 232 cm³/mol. The summed E-state index contributed by atoms with van der Waals surface area (Å²) in [5, 5.41) is 30.3. The fraction of sp³-hybridized carbons (Fsp3) is 0.447. The molecule has 3 heterocycles. The van der Waals surface area contributed by atoms with E-state index in [4.69, 9.17) is 0 Å². The number of urea groups is 1. The molecule has 5 N–H and O–H groups in total. The van der Waals surface area contributed by atoms with Crippen LogP contribution in [0.4, 0.5) is 9.59 Å². The van der Waals surface area contributed by atoms with Crippen molar-refractivity contribution in [2.75, 3.05) is 13.1 Å². The number of carboxylic acid groups (broad SMARTS) is 1. The summed E-state index contributed by atoms with van der Waals surface area (Å²) in [6, 6.07) is 23.3. The van der Waals surface area contributed by atoms with Gasteiger partial charge in [-0.3, -0.25) is 19.6 Å². The second-order valence-electron chi connectivity index (χ2n) is 18.1. The smallest absolute Gasteiger partial charge is 0.405 e. The highest BCUT2D eigenvalue weighted by Gasteiger charge is 2.44. The molecule has 5 rings (SSSR count). The quantitative estimate of drug-likeness (QED) is 0.0875. The van der Waals surface area contributed by atoms with Gasteiger partial charge >= 0.3 is 12.1 Å². The van der Waals surface area contributed by atoms with Gasteiger partial charge in [-0.1, -0.05) is 108 Å². The van der Waals surface area contributed by atoms with Gasteiger partial charge in [-0.25, -0.2) is 9.59 Å². The molecule has 0 unspecified atom stereocenters. The van der Waals surface area contributed by atoms with Crippen molar-refractivity contribution in [1.82, 2.24) is 35.7 Å². The lowest BCUT2D eigenvalue weighted by molar-refractivity contribution is -0.130. The molecule has 5 amide bonds. The van der Waals surface area contributed by atoms with Gasteiger partial charge in [0.2, 0.25) is 11.8 Å². The normalized spacial score (nSPS) is 15.8. The summed E-state index contributed by atoms with van der Waals surface area (Å²) < 4.78 is 0. The first-order chi connectivity index (χ1) is 28.3. The van der Waals surface area contributed by atoms with E-state index in [-0.39, 0.29) is 24.8 Å². The molecule has 1 saturated heterocycles. The van der Waals surface area contributed by atoms with Crippen molar-refractivity contribution in [3.05, 3.63) is 119 Å². The Morgan fingerprint density at radius 3 is 2.05 bits per heavy atom. The molecule has 1 aliphatic heterocycles. The third-order valence-electron chi connectivity index (χ3n) is 10.8. The number of aromatic nitrogens is 2. The van der Waals surface area contributed by atoms with Crippen LogP contribution in [0, 0.1) is 24.7 Å². The van der Waals surface area contributed by atoms with E-state index < -0.39 is 53.1 Å². The van der Waals surface area contributed by atoms with Gasteiger partial charge < -0.3 is 36.0 Å². The lowest BCUT2D eigenvalue weighted by atomic mass is 9.84. The molecule has 0 aliphatic carbocycles. The third kappa shape index (κ3) is 12.4. The number of benzene rings is 2. The summed E-state index contributed by atoms with van der Waals surface area (Å²) in [6.45, 7) is 16.1. The van der Waals surface area contributed by atoms with Crippen LogP contribution in [0.2, 0.25) is 0 Å². The van der Waals surface area contributed by atoms with Gasteiger partial charge in [0.15, 0.2) is 0 Å². The van der Waals surface area contributed by atoms with Gasteiger partial charge in [0, 0.05) is 36.6 Å². The summed E-state index contributed by atoms with van der Waals surface area (Å²) in [5.41, 5.74) is 4.71.